The molecular weight excluding hydrogens is 483 g/mol. The van der Waals surface area contributed by atoms with E-state index in [-0.39, 0.29) is 11.8 Å². The van der Waals surface area contributed by atoms with E-state index in [0.29, 0.717) is 37.0 Å². The highest BCUT2D eigenvalue weighted by atomic mass is 35.5. The fourth-order valence-electron chi connectivity index (χ4n) is 5.68. The molecule has 9 nitrogen and oxygen atoms in total. The van der Waals surface area contributed by atoms with Crippen LogP contribution < -0.4 is 4.90 Å². The molecule has 36 heavy (non-hydrogen) atoms. The molecule has 1 saturated heterocycles. The summed E-state index contributed by atoms with van der Waals surface area (Å²) in [5.74, 6) is 1.97. The van der Waals surface area contributed by atoms with E-state index in [0.717, 1.165) is 48.6 Å². The lowest BCUT2D eigenvalue weighted by Crippen LogP contribution is -2.48. The standard InChI is InChI=1S/C25H28ClFN8O/c1-32(2)24(36)25(7-8-25)34-13-17-11-18(26)3-4-20(17)35-21(14-34)30-31-22(35)16-5-9-33(10-6-16)23-19(27)12-28-15-29-23/h3-4,11-12,15-16H,5-10,13-14H2,1-2H3. The zero-order chi connectivity index (χ0) is 25.0. The fourth-order valence-corrected chi connectivity index (χ4v) is 5.88. The Kier molecular flexibility index (Phi) is 5.68. The Balaban J connectivity index is 1.33. The predicted octanol–water partition coefficient (Wildman–Crippen LogP) is 3.17. The third-order valence-corrected chi connectivity index (χ3v) is 7.91. The highest BCUT2D eigenvalue weighted by Crippen LogP contribution is 2.46. The number of anilines is 1. The van der Waals surface area contributed by atoms with E-state index in [1.54, 1.807) is 4.90 Å². The number of benzene rings is 1. The number of rotatable bonds is 4. The Morgan fingerprint density at radius 2 is 1.94 bits per heavy atom. The lowest BCUT2D eigenvalue weighted by Gasteiger charge is -2.32. The molecule has 1 amide bonds. The van der Waals surface area contributed by atoms with Gasteiger partial charge < -0.3 is 9.80 Å². The van der Waals surface area contributed by atoms with Gasteiger partial charge in [0.25, 0.3) is 0 Å². The number of fused-ring (bicyclic) bond motifs is 3. The van der Waals surface area contributed by atoms with Crippen molar-refractivity contribution in [2.75, 3.05) is 32.1 Å². The first-order valence-corrected chi connectivity index (χ1v) is 12.7. The van der Waals surface area contributed by atoms with Crippen molar-refractivity contribution in [3.05, 3.63) is 58.8 Å². The van der Waals surface area contributed by atoms with Crippen LogP contribution in [0.1, 0.15) is 48.8 Å². The summed E-state index contributed by atoms with van der Waals surface area (Å²) in [4.78, 5) is 26.9. The van der Waals surface area contributed by atoms with E-state index >= 15 is 0 Å². The number of amides is 1. The summed E-state index contributed by atoms with van der Waals surface area (Å²) in [5, 5.41) is 9.94. The topological polar surface area (TPSA) is 83.3 Å². The fraction of sp³-hybridized carbons (Fsp3) is 0.480. The summed E-state index contributed by atoms with van der Waals surface area (Å²) in [6, 6.07) is 5.90. The molecule has 2 aliphatic heterocycles. The van der Waals surface area contributed by atoms with Crippen molar-refractivity contribution < 1.29 is 9.18 Å². The molecule has 1 aromatic carbocycles. The second-order valence-corrected chi connectivity index (χ2v) is 10.6. The molecule has 1 saturated carbocycles. The van der Waals surface area contributed by atoms with Crippen LogP contribution in [0.3, 0.4) is 0 Å². The molecular formula is C25H28ClFN8O. The second kappa shape index (κ2) is 8.77. The summed E-state index contributed by atoms with van der Waals surface area (Å²) >= 11 is 6.42. The van der Waals surface area contributed by atoms with E-state index in [1.807, 2.05) is 37.2 Å². The maximum Gasteiger partial charge on any atom is 0.242 e. The Morgan fingerprint density at radius 3 is 2.64 bits per heavy atom. The van der Waals surface area contributed by atoms with Gasteiger partial charge in [-0.15, -0.1) is 10.2 Å². The number of halogens is 2. The highest BCUT2D eigenvalue weighted by molar-refractivity contribution is 6.30. The number of carbonyl (C=O) groups is 1. The van der Waals surface area contributed by atoms with Gasteiger partial charge in [-0.2, -0.15) is 0 Å². The summed E-state index contributed by atoms with van der Waals surface area (Å²) in [7, 11) is 3.62. The van der Waals surface area contributed by atoms with Crippen LogP contribution in [0.5, 0.6) is 0 Å². The van der Waals surface area contributed by atoms with Crippen LogP contribution in [0.25, 0.3) is 5.69 Å². The number of nitrogens with zero attached hydrogens (tertiary/aromatic N) is 8. The maximum atomic E-state index is 14.2. The molecule has 0 bridgehead atoms. The van der Waals surface area contributed by atoms with Crippen LogP contribution in [0.2, 0.25) is 5.02 Å². The quantitative estimate of drug-likeness (QED) is 0.533. The normalized spacial score (nSPS) is 19.4. The van der Waals surface area contributed by atoms with Gasteiger partial charge in [0.1, 0.15) is 17.7 Å². The number of carbonyl (C=O) groups excluding carboxylic acids is 1. The van der Waals surface area contributed by atoms with E-state index in [2.05, 4.69) is 29.6 Å². The van der Waals surface area contributed by atoms with E-state index < -0.39 is 11.4 Å². The van der Waals surface area contributed by atoms with Gasteiger partial charge in [-0.05, 0) is 49.4 Å². The molecule has 0 radical (unpaired) electrons. The van der Waals surface area contributed by atoms with Crippen LogP contribution in [0.15, 0.2) is 30.7 Å². The first kappa shape index (κ1) is 23.3. The Morgan fingerprint density at radius 1 is 1.17 bits per heavy atom. The van der Waals surface area contributed by atoms with Crippen molar-refractivity contribution in [3.8, 4) is 5.69 Å². The van der Waals surface area contributed by atoms with Crippen LogP contribution in [0, 0.1) is 5.82 Å². The number of piperidine rings is 1. The SMILES string of the molecule is CN(C)C(=O)C1(N2Cc3cc(Cl)ccc3-n3c(nnc3C3CCN(c4ncncc4F)CC3)C2)CC1. The molecule has 2 aromatic heterocycles. The van der Waals surface area contributed by atoms with Crippen molar-refractivity contribution in [3.63, 3.8) is 0 Å². The van der Waals surface area contributed by atoms with Crippen LogP contribution in [0.4, 0.5) is 10.2 Å². The zero-order valence-corrected chi connectivity index (χ0v) is 21.1. The predicted molar refractivity (Wildman–Crippen MR) is 132 cm³/mol. The van der Waals surface area contributed by atoms with E-state index in [9.17, 15) is 9.18 Å². The average molecular weight is 511 g/mol. The zero-order valence-electron chi connectivity index (χ0n) is 20.4. The molecule has 3 aromatic rings. The van der Waals surface area contributed by atoms with E-state index in [4.69, 9.17) is 11.6 Å². The number of likely N-dealkylation sites (N-methyl/N-ethyl adjacent to an activating group) is 1. The van der Waals surface area contributed by atoms with Gasteiger partial charge in [-0.3, -0.25) is 14.3 Å². The third-order valence-electron chi connectivity index (χ3n) is 7.67. The molecule has 0 spiro atoms. The van der Waals surface area contributed by atoms with Crippen LogP contribution in [-0.4, -0.2) is 73.2 Å². The molecule has 188 valence electrons. The van der Waals surface area contributed by atoms with Crippen molar-refractivity contribution in [2.24, 2.45) is 0 Å². The van der Waals surface area contributed by atoms with Gasteiger partial charge in [0.15, 0.2) is 17.5 Å². The van der Waals surface area contributed by atoms with Gasteiger partial charge in [-0.1, -0.05) is 11.6 Å². The Labute approximate surface area is 213 Å². The molecule has 6 rings (SSSR count). The monoisotopic (exact) mass is 510 g/mol. The van der Waals surface area contributed by atoms with Crippen LogP contribution in [-0.2, 0) is 17.9 Å². The van der Waals surface area contributed by atoms with E-state index in [1.165, 1.54) is 12.5 Å². The molecule has 4 heterocycles. The first-order valence-electron chi connectivity index (χ1n) is 12.3. The molecule has 1 aliphatic carbocycles. The minimum absolute atomic E-state index is 0.128. The molecule has 3 aliphatic rings. The smallest absolute Gasteiger partial charge is 0.242 e. The molecule has 2 fully saturated rings. The summed E-state index contributed by atoms with van der Waals surface area (Å²) in [6.45, 7) is 2.48. The average Bonchev–Trinajstić information content (AvgIpc) is 3.61. The number of hydrogen-bond acceptors (Lipinski definition) is 7. The Bertz CT molecular complexity index is 1320. The number of hydrogen-bond donors (Lipinski definition) is 0. The Hall–Kier alpha value is -3.11. The van der Waals surface area contributed by atoms with Gasteiger partial charge in [0, 0.05) is 44.7 Å². The number of aromatic nitrogens is 5. The highest BCUT2D eigenvalue weighted by Gasteiger charge is 2.56. The largest absolute Gasteiger partial charge is 0.354 e. The van der Waals surface area contributed by atoms with Gasteiger partial charge in [0.2, 0.25) is 5.91 Å². The van der Waals surface area contributed by atoms with Crippen LogP contribution >= 0.6 is 11.6 Å². The van der Waals surface area contributed by atoms with Crippen molar-refractivity contribution in [1.29, 1.82) is 0 Å². The maximum absolute atomic E-state index is 14.2. The van der Waals surface area contributed by atoms with Crippen molar-refractivity contribution in [1.82, 2.24) is 34.5 Å². The lowest BCUT2D eigenvalue weighted by molar-refractivity contribution is -0.136. The lowest BCUT2D eigenvalue weighted by atomic mass is 9.95. The van der Waals surface area contributed by atoms with Gasteiger partial charge in [0.05, 0.1) is 18.4 Å². The van der Waals surface area contributed by atoms with Gasteiger partial charge >= 0.3 is 0 Å². The molecule has 0 N–H and O–H groups in total. The molecule has 0 unspecified atom stereocenters. The first-order chi connectivity index (χ1) is 17.4. The third kappa shape index (κ3) is 3.83. The minimum Gasteiger partial charge on any atom is -0.354 e. The minimum atomic E-state index is -0.503. The molecule has 11 heteroatoms. The van der Waals surface area contributed by atoms with Crippen molar-refractivity contribution >= 4 is 23.3 Å². The summed E-state index contributed by atoms with van der Waals surface area (Å²) in [5.41, 5.74) is 1.56. The summed E-state index contributed by atoms with van der Waals surface area (Å²) < 4.78 is 16.4. The van der Waals surface area contributed by atoms with Crippen molar-refractivity contribution in [2.45, 2.75) is 50.2 Å². The summed E-state index contributed by atoms with van der Waals surface area (Å²) in [6.07, 6.45) is 5.85. The molecule has 0 atom stereocenters. The second-order valence-electron chi connectivity index (χ2n) is 10.1. The van der Waals surface area contributed by atoms with Gasteiger partial charge in [-0.25, -0.2) is 14.4 Å².